The monoisotopic (exact) mass is 383 g/mol. The van der Waals surface area contributed by atoms with Gasteiger partial charge in [0.2, 0.25) is 0 Å². The van der Waals surface area contributed by atoms with Gasteiger partial charge in [-0.3, -0.25) is 4.79 Å². The quantitative estimate of drug-likeness (QED) is 0.456. The molecule has 1 aliphatic rings. The third kappa shape index (κ3) is 3.78. The van der Waals surface area contributed by atoms with Crippen LogP contribution in [-0.2, 0) is 0 Å². The highest BCUT2D eigenvalue weighted by molar-refractivity contribution is 7.99. The van der Waals surface area contributed by atoms with E-state index in [-0.39, 0.29) is 22.4 Å². The van der Waals surface area contributed by atoms with Gasteiger partial charge in [-0.25, -0.2) is 4.79 Å². The standard InChI is InChI=1S/C20H17NO5S/c22-13-6-7-15-16(9-13)26-20(25)17(18(15)23)21-19(24)12-2-1-3-14(8-12)27-10-11-4-5-11/h1-3,6-9,11,22-23H,4-5,10H2,(H,21,24). The Bertz CT molecular complexity index is 1090. The van der Waals surface area contributed by atoms with Crippen molar-refractivity contribution in [3.8, 4) is 11.5 Å². The summed E-state index contributed by atoms with van der Waals surface area (Å²) in [6.45, 7) is 0. The number of carbonyl (C=O) groups excluding carboxylic acids is 1. The summed E-state index contributed by atoms with van der Waals surface area (Å²) >= 11 is 1.71. The molecule has 1 heterocycles. The lowest BCUT2D eigenvalue weighted by atomic mass is 10.2. The zero-order valence-electron chi connectivity index (χ0n) is 14.3. The minimum atomic E-state index is -0.891. The predicted molar refractivity (Wildman–Crippen MR) is 104 cm³/mol. The molecule has 27 heavy (non-hydrogen) atoms. The second-order valence-corrected chi connectivity index (χ2v) is 7.62. The molecule has 0 bridgehead atoms. The molecule has 1 fully saturated rings. The van der Waals surface area contributed by atoms with Crippen molar-refractivity contribution in [1.82, 2.24) is 0 Å². The molecule has 0 unspecified atom stereocenters. The zero-order valence-corrected chi connectivity index (χ0v) is 15.1. The second kappa shape index (κ2) is 7.00. The zero-order chi connectivity index (χ0) is 19.0. The van der Waals surface area contributed by atoms with Gasteiger partial charge in [0.1, 0.15) is 11.3 Å². The number of hydrogen-bond donors (Lipinski definition) is 3. The van der Waals surface area contributed by atoms with Gasteiger partial charge in [-0.15, -0.1) is 11.8 Å². The van der Waals surface area contributed by atoms with Crippen LogP contribution in [0.1, 0.15) is 23.2 Å². The number of phenols is 1. The number of fused-ring (bicyclic) bond motifs is 1. The van der Waals surface area contributed by atoms with Crippen LogP contribution in [0.3, 0.4) is 0 Å². The lowest BCUT2D eigenvalue weighted by molar-refractivity contribution is 0.102. The van der Waals surface area contributed by atoms with Gasteiger partial charge < -0.3 is 19.9 Å². The number of anilines is 1. The average Bonchev–Trinajstić information content (AvgIpc) is 3.48. The summed E-state index contributed by atoms with van der Waals surface area (Å²) in [6, 6.07) is 11.1. The molecule has 3 aromatic rings. The lowest BCUT2D eigenvalue weighted by Crippen LogP contribution is -2.18. The minimum absolute atomic E-state index is 0.0361. The van der Waals surface area contributed by atoms with Gasteiger partial charge in [-0.2, -0.15) is 0 Å². The van der Waals surface area contributed by atoms with E-state index in [1.54, 1.807) is 30.0 Å². The summed E-state index contributed by atoms with van der Waals surface area (Å²) in [6.07, 6.45) is 2.53. The molecule has 0 aliphatic heterocycles. The van der Waals surface area contributed by atoms with E-state index in [4.69, 9.17) is 4.42 Å². The van der Waals surface area contributed by atoms with E-state index < -0.39 is 17.3 Å². The number of aromatic hydroxyl groups is 2. The smallest absolute Gasteiger partial charge is 0.364 e. The fraction of sp³-hybridized carbons (Fsp3) is 0.200. The van der Waals surface area contributed by atoms with E-state index in [0.717, 1.165) is 16.6 Å². The summed E-state index contributed by atoms with van der Waals surface area (Å²) in [5.41, 5.74) is -0.790. The maximum absolute atomic E-state index is 12.6. The molecule has 2 aromatic carbocycles. The van der Waals surface area contributed by atoms with Gasteiger partial charge in [0.15, 0.2) is 11.4 Å². The van der Waals surface area contributed by atoms with Gasteiger partial charge >= 0.3 is 5.63 Å². The van der Waals surface area contributed by atoms with E-state index in [1.807, 2.05) is 6.07 Å². The fourth-order valence-electron chi connectivity index (χ4n) is 2.69. The molecular formula is C20H17NO5S. The van der Waals surface area contributed by atoms with Crippen molar-refractivity contribution in [2.24, 2.45) is 5.92 Å². The van der Waals surface area contributed by atoms with E-state index in [2.05, 4.69) is 5.32 Å². The topological polar surface area (TPSA) is 99.8 Å². The van der Waals surface area contributed by atoms with Crippen LogP contribution in [0.4, 0.5) is 5.69 Å². The average molecular weight is 383 g/mol. The molecule has 1 amide bonds. The van der Waals surface area contributed by atoms with Crippen molar-refractivity contribution in [2.45, 2.75) is 17.7 Å². The summed E-state index contributed by atoms with van der Waals surface area (Å²) in [4.78, 5) is 25.7. The van der Waals surface area contributed by atoms with Crippen LogP contribution in [0.25, 0.3) is 11.0 Å². The van der Waals surface area contributed by atoms with Crippen LogP contribution in [0, 0.1) is 5.92 Å². The molecule has 7 heteroatoms. The number of hydrogen-bond acceptors (Lipinski definition) is 6. The normalized spacial score (nSPS) is 13.6. The fourth-order valence-corrected chi connectivity index (χ4v) is 3.84. The van der Waals surface area contributed by atoms with Gasteiger partial charge in [0, 0.05) is 22.3 Å². The molecule has 3 N–H and O–H groups in total. The first-order valence-electron chi connectivity index (χ1n) is 8.54. The van der Waals surface area contributed by atoms with Crippen molar-refractivity contribution < 1.29 is 19.4 Å². The van der Waals surface area contributed by atoms with E-state index in [9.17, 15) is 19.8 Å². The number of benzene rings is 2. The first-order valence-corrected chi connectivity index (χ1v) is 9.53. The maximum Gasteiger partial charge on any atom is 0.364 e. The maximum atomic E-state index is 12.6. The lowest BCUT2D eigenvalue weighted by Gasteiger charge is -2.09. The summed E-state index contributed by atoms with van der Waals surface area (Å²) < 4.78 is 5.09. The van der Waals surface area contributed by atoms with Gasteiger partial charge in [-0.05, 0) is 49.1 Å². The molecule has 0 saturated heterocycles. The van der Waals surface area contributed by atoms with Crippen LogP contribution in [0.5, 0.6) is 11.5 Å². The van der Waals surface area contributed by atoms with Crippen LogP contribution in [0.15, 0.2) is 56.6 Å². The van der Waals surface area contributed by atoms with Crippen LogP contribution < -0.4 is 10.9 Å². The molecule has 0 atom stereocenters. The van der Waals surface area contributed by atoms with Crippen molar-refractivity contribution in [3.05, 3.63) is 58.4 Å². The number of nitrogens with one attached hydrogen (secondary N) is 1. The third-order valence-electron chi connectivity index (χ3n) is 4.38. The Morgan fingerprint density at radius 3 is 2.78 bits per heavy atom. The molecular weight excluding hydrogens is 366 g/mol. The molecule has 1 aromatic heterocycles. The van der Waals surface area contributed by atoms with E-state index in [1.165, 1.54) is 31.0 Å². The van der Waals surface area contributed by atoms with Crippen LogP contribution in [0.2, 0.25) is 0 Å². The molecule has 6 nitrogen and oxygen atoms in total. The largest absolute Gasteiger partial charge is 0.508 e. The first-order chi connectivity index (χ1) is 13.0. The highest BCUT2D eigenvalue weighted by atomic mass is 32.2. The Labute approximate surface area is 158 Å². The van der Waals surface area contributed by atoms with Crippen molar-refractivity contribution in [2.75, 3.05) is 11.1 Å². The Balaban J connectivity index is 1.60. The van der Waals surface area contributed by atoms with E-state index >= 15 is 0 Å². The number of thioether (sulfide) groups is 1. The van der Waals surface area contributed by atoms with Gasteiger partial charge in [-0.1, -0.05) is 6.07 Å². The Morgan fingerprint density at radius 2 is 2.00 bits per heavy atom. The summed E-state index contributed by atoms with van der Waals surface area (Å²) in [7, 11) is 0. The Hall–Kier alpha value is -2.93. The highest BCUT2D eigenvalue weighted by Gasteiger charge is 2.21. The van der Waals surface area contributed by atoms with Crippen molar-refractivity contribution in [3.63, 3.8) is 0 Å². The number of phenolic OH excluding ortho intramolecular Hbond substituents is 1. The number of carbonyl (C=O) groups is 1. The first kappa shape index (κ1) is 17.5. The molecule has 0 spiro atoms. The second-order valence-electron chi connectivity index (χ2n) is 6.53. The van der Waals surface area contributed by atoms with Gasteiger partial charge in [0.05, 0.1) is 5.39 Å². The number of rotatable bonds is 5. The minimum Gasteiger partial charge on any atom is -0.508 e. The molecule has 138 valence electrons. The van der Waals surface area contributed by atoms with Crippen LogP contribution >= 0.6 is 11.8 Å². The molecule has 1 aliphatic carbocycles. The van der Waals surface area contributed by atoms with Crippen LogP contribution in [-0.4, -0.2) is 21.9 Å². The van der Waals surface area contributed by atoms with Crippen molar-refractivity contribution in [1.29, 1.82) is 0 Å². The molecule has 4 rings (SSSR count). The molecule has 1 saturated carbocycles. The number of amides is 1. The predicted octanol–water partition coefficient (Wildman–Crippen LogP) is 3.96. The van der Waals surface area contributed by atoms with E-state index in [0.29, 0.717) is 5.56 Å². The Morgan fingerprint density at radius 1 is 1.19 bits per heavy atom. The Kier molecular flexibility index (Phi) is 4.53. The SMILES string of the molecule is O=C(Nc1c(O)c2ccc(O)cc2oc1=O)c1cccc(SCC2CC2)c1. The molecule has 0 radical (unpaired) electrons. The highest BCUT2D eigenvalue weighted by Crippen LogP contribution is 2.35. The third-order valence-corrected chi connectivity index (χ3v) is 5.61. The summed E-state index contributed by atoms with van der Waals surface area (Å²) in [5.74, 6) is 0.805. The summed E-state index contributed by atoms with van der Waals surface area (Å²) in [5, 5.41) is 22.5. The van der Waals surface area contributed by atoms with Crippen molar-refractivity contribution >= 4 is 34.3 Å². The van der Waals surface area contributed by atoms with Gasteiger partial charge in [0.25, 0.3) is 5.91 Å².